The van der Waals surface area contributed by atoms with E-state index in [2.05, 4.69) is 0 Å². The van der Waals surface area contributed by atoms with Crippen LogP contribution in [0, 0.1) is 13.8 Å². The Morgan fingerprint density at radius 3 is 2.25 bits per heavy atom. The molecule has 0 saturated heterocycles. The van der Waals surface area contributed by atoms with Crippen molar-refractivity contribution in [2.75, 3.05) is 27.2 Å². The molecule has 1 aliphatic rings. The van der Waals surface area contributed by atoms with Crippen molar-refractivity contribution in [2.24, 2.45) is 0 Å². The molecule has 2 rings (SSSR count). The second-order valence-corrected chi connectivity index (χ2v) is 8.41. The van der Waals surface area contributed by atoms with Crippen molar-refractivity contribution in [1.82, 2.24) is 9.21 Å². The molecule has 1 aromatic rings. The molecule has 1 N–H and O–H groups in total. The third kappa shape index (κ3) is 3.65. The van der Waals surface area contributed by atoms with Crippen LogP contribution < -0.4 is 0 Å². The molecule has 1 heterocycles. The van der Waals surface area contributed by atoms with Gasteiger partial charge in [0.2, 0.25) is 10.0 Å². The fraction of sp³-hybridized carbons (Fsp3) is 0.688. The zero-order valence-electron chi connectivity index (χ0n) is 14.7. The first kappa shape index (κ1) is 19.0. The number of sulfonamides is 1. The van der Waals surface area contributed by atoms with E-state index in [1.165, 1.54) is 18.2 Å². The van der Waals surface area contributed by atoms with E-state index < -0.39 is 16.0 Å². The number of rotatable bonds is 7. The Labute approximate surface area is 143 Å². The van der Waals surface area contributed by atoms with Gasteiger partial charge in [-0.2, -0.15) is 4.31 Å². The summed E-state index contributed by atoms with van der Waals surface area (Å²) in [7, 11) is -0.165. The molecule has 0 amide bonds. The number of carboxylic acids is 1. The number of aromatic carboxylic acids is 1. The van der Waals surface area contributed by atoms with E-state index in [0.29, 0.717) is 13.1 Å². The highest BCUT2D eigenvalue weighted by Gasteiger charge is 2.39. The summed E-state index contributed by atoms with van der Waals surface area (Å²) in [5.41, 5.74) is -0.250. The number of nitrogens with zero attached hydrogens (tertiary/aromatic N) is 2. The number of furan rings is 1. The van der Waals surface area contributed by atoms with Gasteiger partial charge in [0.15, 0.2) is 0 Å². The number of hydrogen-bond acceptors (Lipinski definition) is 5. The van der Waals surface area contributed by atoms with Gasteiger partial charge in [0.1, 0.15) is 22.0 Å². The maximum Gasteiger partial charge on any atom is 0.340 e. The van der Waals surface area contributed by atoms with Crippen LogP contribution in [-0.2, 0) is 10.0 Å². The monoisotopic (exact) mass is 358 g/mol. The Balaban J connectivity index is 2.49. The molecule has 0 bridgehead atoms. The summed E-state index contributed by atoms with van der Waals surface area (Å²) < 4.78 is 33.4. The lowest BCUT2D eigenvalue weighted by Gasteiger charge is -2.29. The van der Waals surface area contributed by atoms with Crippen LogP contribution in [0.15, 0.2) is 9.31 Å². The van der Waals surface area contributed by atoms with Crippen LogP contribution in [0.1, 0.15) is 47.6 Å². The first-order valence-electron chi connectivity index (χ1n) is 8.16. The lowest BCUT2D eigenvalue weighted by atomic mass is 10.2. The zero-order valence-corrected chi connectivity index (χ0v) is 15.5. The molecule has 0 radical (unpaired) electrons. The molecule has 0 aromatic carbocycles. The van der Waals surface area contributed by atoms with Crippen molar-refractivity contribution in [1.29, 1.82) is 0 Å². The SMILES string of the molecule is Cc1oc(C)c(S(=O)(=O)N(CCN(C)C)C2CCCC2)c1C(=O)O. The molecule has 1 fully saturated rings. The minimum Gasteiger partial charge on any atom is -0.478 e. The summed E-state index contributed by atoms with van der Waals surface area (Å²) in [6.45, 7) is 3.90. The molecule has 0 atom stereocenters. The Morgan fingerprint density at radius 1 is 1.17 bits per heavy atom. The average molecular weight is 358 g/mol. The predicted octanol–water partition coefficient (Wildman–Crippen LogP) is 2.09. The largest absolute Gasteiger partial charge is 0.478 e. The summed E-state index contributed by atoms with van der Waals surface area (Å²) in [6, 6.07) is -0.0776. The van der Waals surface area contributed by atoms with Crippen LogP contribution in [-0.4, -0.2) is 61.9 Å². The number of carbonyl (C=O) groups is 1. The van der Waals surface area contributed by atoms with Gasteiger partial charge in [-0.25, -0.2) is 13.2 Å². The number of likely N-dealkylation sites (N-methyl/N-ethyl adjacent to an activating group) is 1. The van der Waals surface area contributed by atoms with Gasteiger partial charge in [-0.3, -0.25) is 0 Å². The van der Waals surface area contributed by atoms with Crippen molar-refractivity contribution >= 4 is 16.0 Å². The Bertz CT molecular complexity index is 702. The number of hydrogen-bond donors (Lipinski definition) is 1. The molecule has 0 spiro atoms. The molecule has 136 valence electrons. The van der Waals surface area contributed by atoms with E-state index in [1.807, 2.05) is 19.0 Å². The van der Waals surface area contributed by atoms with E-state index in [9.17, 15) is 18.3 Å². The molecule has 8 heteroatoms. The minimum absolute atomic E-state index is 0.0776. The fourth-order valence-corrected chi connectivity index (χ4v) is 5.38. The quantitative estimate of drug-likeness (QED) is 0.802. The van der Waals surface area contributed by atoms with Gasteiger partial charge in [-0.15, -0.1) is 0 Å². The molecular weight excluding hydrogens is 332 g/mol. The Kier molecular flexibility index (Phi) is 5.72. The Hall–Kier alpha value is -1.38. The predicted molar refractivity (Wildman–Crippen MR) is 89.8 cm³/mol. The highest BCUT2D eigenvalue weighted by molar-refractivity contribution is 7.89. The summed E-state index contributed by atoms with van der Waals surface area (Å²) in [6.07, 6.45) is 3.61. The molecule has 7 nitrogen and oxygen atoms in total. The van der Waals surface area contributed by atoms with Gasteiger partial charge in [-0.1, -0.05) is 12.8 Å². The van der Waals surface area contributed by atoms with E-state index in [-0.39, 0.29) is 28.0 Å². The highest BCUT2D eigenvalue weighted by Crippen LogP contribution is 2.33. The van der Waals surface area contributed by atoms with E-state index in [4.69, 9.17) is 4.42 Å². The summed E-state index contributed by atoms with van der Waals surface area (Å²) in [4.78, 5) is 13.3. The standard InChI is InChI=1S/C16H26N2O5S/c1-11-14(16(19)20)15(12(2)23-11)24(21,22)18(10-9-17(3)4)13-7-5-6-8-13/h13H,5-10H2,1-4H3,(H,19,20). The van der Waals surface area contributed by atoms with Gasteiger partial charge in [-0.05, 0) is 40.8 Å². The van der Waals surface area contributed by atoms with Crippen LogP contribution in [0.25, 0.3) is 0 Å². The van der Waals surface area contributed by atoms with Crippen LogP contribution in [0.3, 0.4) is 0 Å². The normalized spacial score (nSPS) is 16.4. The molecule has 0 aliphatic heterocycles. The maximum atomic E-state index is 13.3. The summed E-state index contributed by atoms with van der Waals surface area (Å²) in [5.74, 6) is -1.02. The summed E-state index contributed by atoms with van der Waals surface area (Å²) >= 11 is 0. The van der Waals surface area contributed by atoms with Crippen molar-refractivity contribution in [3.63, 3.8) is 0 Å². The number of aryl methyl sites for hydroxylation is 2. The van der Waals surface area contributed by atoms with E-state index in [0.717, 1.165) is 25.7 Å². The third-order valence-electron chi connectivity index (χ3n) is 4.49. The highest BCUT2D eigenvalue weighted by atomic mass is 32.2. The van der Waals surface area contributed by atoms with Gasteiger partial charge in [0.05, 0.1) is 0 Å². The molecule has 24 heavy (non-hydrogen) atoms. The topological polar surface area (TPSA) is 91.1 Å². The minimum atomic E-state index is -3.93. The van der Waals surface area contributed by atoms with Gasteiger partial charge in [0, 0.05) is 19.1 Å². The second kappa shape index (κ2) is 7.25. The smallest absolute Gasteiger partial charge is 0.340 e. The van der Waals surface area contributed by atoms with E-state index >= 15 is 0 Å². The fourth-order valence-electron chi connectivity index (χ4n) is 3.33. The van der Waals surface area contributed by atoms with E-state index in [1.54, 1.807) is 0 Å². The van der Waals surface area contributed by atoms with Crippen molar-refractivity contribution < 1.29 is 22.7 Å². The second-order valence-electron chi connectivity index (χ2n) is 6.58. The van der Waals surface area contributed by atoms with Gasteiger partial charge < -0.3 is 14.4 Å². The van der Waals surface area contributed by atoms with Crippen LogP contribution in [0.5, 0.6) is 0 Å². The molecular formula is C16H26N2O5S. The van der Waals surface area contributed by atoms with Crippen molar-refractivity contribution in [2.45, 2.75) is 50.5 Å². The first-order valence-corrected chi connectivity index (χ1v) is 9.60. The van der Waals surface area contributed by atoms with Crippen LogP contribution in [0.2, 0.25) is 0 Å². The van der Waals surface area contributed by atoms with Crippen molar-refractivity contribution in [3.05, 3.63) is 17.1 Å². The van der Waals surface area contributed by atoms with Gasteiger partial charge in [0.25, 0.3) is 0 Å². The maximum absolute atomic E-state index is 13.3. The Morgan fingerprint density at radius 2 is 1.75 bits per heavy atom. The molecule has 1 saturated carbocycles. The lowest BCUT2D eigenvalue weighted by Crippen LogP contribution is -2.43. The lowest BCUT2D eigenvalue weighted by molar-refractivity contribution is 0.0691. The van der Waals surface area contributed by atoms with Gasteiger partial charge >= 0.3 is 5.97 Å². The van der Waals surface area contributed by atoms with Crippen molar-refractivity contribution in [3.8, 4) is 0 Å². The average Bonchev–Trinajstić information content (AvgIpc) is 3.06. The third-order valence-corrected chi connectivity index (χ3v) is 6.59. The molecule has 1 aliphatic carbocycles. The molecule has 1 aromatic heterocycles. The first-order chi connectivity index (χ1) is 11.2. The number of carboxylic acid groups (broad SMARTS) is 1. The molecule has 0 unspecified atom stereocenters. The van der Waals surface area contributed by atoms with Crippen LogP contribution in [0.4, 0.5) is 0 Å². The summed E-state index contributed by atoms with van der Waals surface area (Å²) in [5, 5.41) is 9.44. The van der Waals surface area contributed by atoms with Crippen LogP contribution >= 0.6 is 0 Å². The zero-order chi connectivity index (χ0) is 18.1.